The third-order valence-electron chi connectivity index (χ3n) is 2.66. The molecule has 0 aliphatic heterocycles. The summed E-state index contributed by atoms with van der Waals surface area (Å²) in [6, 6.07) is 5.87. The Kier molecular flexibility index (Phi) is 10.4. The molecule has 0 atom stereocenters. The lowest BCUT2D eigenvalue weighted by molar-refractivity contribution is 0.144. The maximum Gasteiger partial charge on any atom is 0.127 e. The number of ether oxygens (including phenoxy) is 3. The van der Waals surface area contributed by atoms with Crippen LogP contribution in [0.2, 0.25) is 0 Å². The van der Waals surface area contributed by atoms with Crippen LogP contribution in [0.3, 0.4) is 0 Å². The van der Waals surface area contributed by atoms with Gasteiger partial charge in [-0.3, -0.25) is 0 Å². The van der Waals surface area contributed by atoms with E-state index in [9.17, 15) is 0 Å². The topological polar surface area (TPSA) is 39.7 Å². The highest BCUT2D eigenvalue weighted by molar-refractivity contribution is 5.85. The van der Waals surface area contributed by atoms with Gasteiger partial charge >= 0.3 is 0 Å². The largest absolute Gasteiger partial charge is 0.497 e. The number of nitrogens with one attached hydrogen (secondary N) is 1. The van der Waals surface area contributed by atoms with Crippen molar-refractivity contribution in [2.45, 2.75) is 19.9 Å². The van der Waals surface area contributed by atoms with Crippen molar-refractivity contribution in [3.63, 3.8) is 0 Å². The zero-order valence-electron chi connectivity index (χ0n) is 11.9. The van der Waals surface area contributed by atoms with Gasteiger partial charge in [-0.2, -0.15) is 0 Å². The first kappa shape index (κ1) is 18.0. The van der Waals surface area contributed by atoms with Crippen molar-refractivity contribution in [1.29, 1.82) is 0 Å². The maximum absolute atomic E-state index is 5.34. The summed E-state index contributed by atoms with van der Waals surface area (Å²) in [5, 5.41) is 3.37. The number of rotatable bonds is 9. The Balaban J connectivity index is 0.00000324. The molecule has 5 heteroatoms. The molecule has 0 aliphatic carbocycles. The lowest BCUT2D eigenvalue weighted by Crippen LogP contribution is -2.16. The summed E-state index contributed by atoms with van der Waals surface area (Å²) in [7, 11) is 3.33. The fourth-order valence-electron chi connectivity index (χ4n) is 1.66. The SMILES string of the molecule is CCOCCCNCc1ccc(OC)cc1OC.Cl. The Morgan fingerprint density at radius 3 is 2.58 bits per heavy atom. The fraction of sp³-hybridized carbons (Fsp3) is 0.571. The summed E-state index contributed by atoms with van der Waals surface area (Å²) in [6.45, 7) is 5.33. The average molecular weight is 290 g/mol. The van der Waals surface area contributed by atoms with Crippen molar-refractivity contribution in [2.24, 2.45) is 0 Å². The Labute approximate surface area is 121 Å². The highest BCUT2D eigenvalue weighted by Gasteiger charge is 2.04. The lowest BCUT2D eigenvalue weighted by Gasteiger charge is -2.11. The highest BCUT2D eigenvalue weighted by Crippen LogP contribution is 2.24. The second kappa shape index (κ2) is 10.9. The molecule has 4 nitrogen and oxygen atoms in total. The first-order valence-electron chi connectivity index (χ1n) is 6.31. The molecule has 0 fully saturated rings. The highest BCUT2D eigenvalue weighted by atomic mass is 35.5. The van der Waals surface area contributed by atoms with E-state index in [1.165, 1.54) is 0 Å². The van der Waals surface area contributed by atoms with E-state index >= 15 is 0 Å². The van der Waals surface area contributed by atoms with Gasteiger partial charge in [-0.15, -0.1) is 12.4 Å². The third-order valence-corrected chi connectivity index (χ3v) is 2.66. The Morgan fingerprint density at radius 1 is 1.16 bits per heavy atom. The van der Waals surface area contributed by atoms with Crippen LogP contribution in [0.5, 0.6) is 11.5 Å². The predicted octanol–water partition coefficient (Wildman–Crippen LogP) is 2.64. The van der Waals surface area contributed by atoms with Crippen LogP contribution in [0, 0.1) is 0 Å². The molecule has 1 aromatic carbocycles. The first-order valence-corrected chi connectivity index (χ1v) is 6.31. The Hall–Kier alpha value is -0.970. The smallest absolute Gasteiger partial charge is 0.127 e. The van der Waals surface area contributed by atoms with E-state index in [2.05, 4.69) is 5.32 Å². The van der Waals surface area contributed by atoms with Crippen molar-refractivity contribution in [2.75, 3.05) is 34.0 Å². The van der Waals surface area contributed by atoms with Crippen molar-refractivity contribution in [3.05, 3.63) is 23.8 Å². The van der Waals surface area contributed by atoms with E-state index in [0.29, 0.717) is 0 Å². The summed E-state index contributed by atoms with van der Waals surface area (Å²) >= 11 is 0. The molecule has 0 unspecified atom stereocenters. The van der Waals surface area contributed by atoms with Gasteiger partial charge in [0.1, 0.15) is 11.5 Å². The molecule has 0 heterocycles. The number of benzene rings is 1. The maximum atomic E-state index is 5.34. The minimum Gasteiger partial charge on any atom is -0.497 e. The van der Waals surface area contributed by atoms with Crippen LogP contribution in [0.25, 0.3) is 0 Å². The number of hydrogen-bond acceptors (Lipinski definition) is 4. The Bertz CT molecular complexity index is 347. The molecule has 1 N–H and O–H groups in total. The molecule has 19 heavy (non-hydrogen) atoms. The fourth-order valence-corrected chi connectivity index (χ4v) is 1.66. The molecule has 0 aliphatic rings. The van der Waals surface area contributed by atoms with Gasteiger partial charge in [-0.25, -0.2) is 0 Å². The van der Waals surface area contributed by atoms with E-state index in [-0.39, 0.29) is 12.4 Å². The zero-order valence-corrected chi connectivity index (χ0v) is 12.7. The molecule has 0 amide bonds. The second-order valence-electron chi connectivity index (χ2n) is 3.91. The van der Waals surface area contributed by atoms with Crippen LogP contribution < -0.4 is 14.8 Å². The molecule has 0 radical (unpaired) electrons. The van der Waals surface area contributed by atoms with E-state index in [4.69, 9.17) is 14.2 Å². The molecule has 0 bridgehead atoms. The minimum absolute atomic E-state index is 0. The van der Waals surface area contributed by atoms with Gasteiger partial charge in [0.2, 0.25) is 0 Å². The van der Waals surface area contributed by atoms with Gasteiger partial charge in [0.05, 0.1) is 14.2 Å². The number of halogens is 1. The Morgan fingerprint density at radius 2 is 1.95 bits per heavy atom. The van der Waals surface area contributed by atoms with Crippen LogP contribution >= 0.6 is 12.4 Å². The second-order valence-corrected chi connectivity index (χ2v) is 3.91. The van der Waals surface area contributed by atoms with Crippen molar-refractivity contribution < 1.29 is 14.2 Å². The molecule has 0 spiro atoms. The predicted molar refractivity (Wildman–Crippen MR) is 79.6 cm³/mol. The monoisotopic (exact) mass is 289 g/mol. The van der Waals surface area contributed by atoms with E-state index in [0.717, 1.165) is 49.8 Å². The molecule has 110 valence electrons. The van der Waals surface area contributed by atoms with Crippen LogP contribution in [-0.4, -0.2) is 34.0 Å². The summed E-state index contributed by atoms with van der Waals surface area (Å²) in [5.41, 5.74) is 1.13. The van der Waals surface area contributed by atoms with Gasteiger partial charge < -0.3 is 19.5 Å². The third kappa shape index (κ3) is 6.66. The van der Waals surface area contributed by atoms with E-state index in [1.807, 2.05) is 25.1 Å². The van der Waals surface area contributed by atoms with Gasteiger partial charge in [-0.1, -0.05) is 6.07 Å². The minimum atomic E-state index is 0. The van der Waals surface area contributed by atoms with Crippen LogP contribution in [0.1, 0.15) is 18.9 Å². The molecule has 0 saturated carbocycles. The quantitative estimate of drug-likeness (QED) is 0.710. The van der Waals surface area contributed by atoms with Crippen LogP contribution in [-0.2, 0) is 11.3 Å². The van der Waals surface area contributed by atoms with Crippen LogP contribution in [0.4, 0.5) is 0 Å². The van der Waals surface area contributed by atoms with Crippen molar-refractivity contribution >= 4 is 12.4 Å². The van der Waals surface area contributed by atoms with E-state index < -0.39 is 0 Å². The number of methoxy groups -OCH3 is 2. The first-order chi connectivity index (χ1) is 8.81. The van der Waals surface area contributed by atoms with Gasteiger partial charge in [0.15, 0.2) is 0 Å². The molecule has 1 rings (SSSR count). The van der Waals surface area contributed by atoms with Gasteiger partial charge in [0.25, 0.3) is 0 Å². The molecular weight excluding hydrogens is 266 g/mol. The van der Waals surface area contributed by atoms with Crippen LogP contribution in [0.15, 0.2) is 18.2 Å². The number of hydrogen-bond donors (Lipinski definition) is 1. The lowest BCUT2D eigenvalue weighted by atomic mass is 10.2. The normalized spacial score (nSPS) is 9.84. The van der Waals surface area contributed by atoms with Crippen molar-refractivity contribution in [1.82, 2.24) is 5.32 Å². The summed E-state index contributed by atoms with van der Waals surface area (Å²) < 4.78 is 15.8. The molecule has 0 aromatic heterocycles. The summed E-state index contributed by atoms with van der Waals surface area (Å²) in [4.78, 5) is 0. The molecule has 0 saturated heterocycles. The van der Waals surface area contributed by atoms with Gasteiger partial charge in [0, 0.05) is 31.4 Å². The summed E-state index contributed by atoms with van der Waals surface area (Å²) in [5.74, 6) is 1.67. The molecule has 1 aromatic rings. The summed E-state index contributed by atoms with van der Waals surface area (Å²) in [6.07, 6.45) is 1.02. The molecular formula is C14H24ClNO3. The van der Waals surface area contributed by atoms with Crippen molar-refractivity contribution in [3.8, 4) is 11.5 Å². The van der Waals surface area contributed by atoms with Gasteiger partial charge in [-0.05, 0) is 26.0 Å². The van der Waals surface area contributed by atoms with E-state index in [1.54, 1.807) is 14.2 Å². The average Bonchev–Trinajstić information content (AvgIpc) is 2.42. The zero-order chi connectivity index (χ0) is 13.2. The standard InChI is InChI=1S/C14H23NO3.ClH/c1-4-18-9-5-8-15-11-12-6-7-13(16-2)10-14(12)17-3;/h6-7,10,15H,4-5,8-9,11H2,1-3H3;1H.